The Morgan fingerprint density at radius 2 is 1.79 bits per heavy atom. The minimum absolute atomic E-state index is 0.180. The SMILES string of the molecule is CCCC(C(=O)OCC)c1c(C)nc2nc(C)n(C)c2c1-c1ccc(C)cc1. The fraction of sp³-hybridized carbons (Fsp3) is 0.435. The quantitative estimate of drug-likeness (QED) is 0.565. The van der Waals surface area contributed by atoms with Gasteiger partial charge in [0.25, 0.3) is 0 Å². The van der Waals surface area contributed by atoms with E-state index < -0.39 is 0 Å². The first-order valence-corrected chi connectivity index (χ1v) is 9.96. The van der Waals surface area contributed by atoms with Gasteiger partial charge in [-0.2, -0.15) is 0 Å². The highest BCUT2D eigenvalue weighted by Crippen LogP contribution is 2.39. The third kappa shape index (κ3) is 3.53. The Hall–Kier alpha value is -2.69. The Balaban J connectivity index is 2.39. The second-order valence-electron chi connectivity index (χ2n) is 7.34. The van der Waals surface area contributed by atoms with Gasteiger partial charge in [-0.05, 0) is 45.2 Å². The van der Waals surface area contributed by atoms with E-state index in [1.165, 1.54) is 5.56 Å². The first kappa shape index (κ1) is 20.1. The molecule has 0 amide bonds. The molecular weight excluding hydrogens is 350 g/mol. The lowest BCUT2D eigenvalue weighted by molar-refractivity contribution is -0.145. The van der Waals surface area contributed by atoms with Crippen molar-refractivity contribution in [3.63, 3.8) is 0 Å². The standard InChI is InChI=1S/C23H29N3O2/c1-7-9-18(23(27)28-8-2)19-15(4)24-22-21(26(6)16(5)25-22)20(19)17-12-10-14(3)11-13-17/h10-13,18H,7-9H2,1-6H3. The van der Waals surface area contributed by atoms with Crippen molar-refractivity contribution >= 4 is 17.1 Å². The summed E-state index contributed by atoms with van der Waals surface area (Å²) < 4.78 is 7.50. The average Bonchev–Trinajstić information content (AvgIpc) is 2.93. The maximum Gasteiger partial charge on any atom is 0.313 e. The van der Waals surface area contributed by atoms with Crippen LogP contribution >= 0.6 is 0 Å². The lowest BCUT2D eigenvalue weighted by Gasteiger charge is -2.22. The number of rotatable bonds is 6. The molecule has 3 aromatic rings. The number of pyridine rings is 1. The zero-order chi connectivity index (χ0) is 20.4. The Morgan fingerprint density at radius 1 is 1.11 bits per heavy atom. The number of carbonyl (C=O) groups is 1. The first-order valence-electron chi connectivity index (χ1n) is 9.96. The zero-order valence-corrected chi connectivity index (χ0v) is 17.7. The van der Waals surface area contributed by atoms with Gasteiger partial charge in [-0.3, -0.25) is 4.79 Å². The number of fused-ring (bicyclic) bond motifs is 1. The molecule has 0 spiro atoms. The van der Waals surface area contributed by atoms with Crippen LogP contribution in [0.1, 0.15) is 55.3 Å². The van der Waals surface area contributed by atoms with Gasteiger partial charge in [0.1, 0.15) is 5.82 Å². The summed E-state index contributed by atoms with van der Waals surface area (Å²) in [5.74, 6) is 0.379. The third-order valence-corrected chi connectivity index (χ3v) is 5.31. The van der Waals surface area contributed by atoms with Gasteiger partial charge in [-0.25, -0.2) is 9.97 Å². The molecule has 2 heterocycles. The molecule has 0 fully saturated rings. The monoisotopic (exact) mass is 379 g/mol. The summed E-state index contributed by atoms with van der Waals surface area (Å²) in [4.78, 5) is 22.3. The van der Waals surface area contributed by atoms with Crippen molar-refractivity contribution in [2.45, 2.75) is 53.4 Å². The molecule has 0 radical (unpaired) electrons. The van der Waals surface area contributed by atoms with Crippen LogP contribution in [0.5, 0.6) is 0 Å². The number of benzene rings is 1. The molecule has 148 valence electrons. The number of ether oxygens (including phenoxy) is 1. The highest BCUT2D eigenvalue weighted by molar-refractivity contribution is 5.96. The first-order chi connectivity index (χ1) is 13.4. The van der Waals surface area contributed by atoms with Crippen LogP contribution in [0.15, 0.2) is 24.3 Å². The van der Waals surface area contributed by atoms with Gasteiger partial charge in [-0.15, -0.1) is 0 Å². The Bertz CT molecular complexity index is 1000. The van der Waals surface area contributed by atoms with E-state index in [4.69, 9.17) is 9.72 Å². The van der Waals surface area contributed by atoms with E-state index in [0.717, 1.165) is 52.2 Å². The summed E-state index contributed by atoms with van der Waals surface area (Å²) in [5, 5.41) is 0. The lowest BCUT2D eigenvalue weighted by Crippen LogP contribution is -2.19. The molecule has 0 aliphatic carbocycles. The normalized spacial score (nSPS) is 12.4. The van der Waals surface area contributed by atoms with Gasteiger partial charge in [0.05, 0.1) is 18.0 Å². The van der Waals surface area contributed by atoms with E-state index in [1.807, 2.05) is 27.8 Å². The number of aryl methyl sites for hydroxylation is 4. The van der Waals surface area contributed by atoms with Crippen LogP contribution in [0.2, 0.25) is 0 Å². The molecule has 1 unspecified atom stereocenters. The van der Waals surface area contributed by atoms with Crippen LogP contribution < -0.4 is 0 Å². The van der Waals surface area contributed by atoms with Crippen LogP contribution in [0.4, 0.5) is 0 Å². The number of esters is 1. The Kier molecular flexibility index (Phi) is 5.82. The fourth-order valence-corrected chi connectivity index (χ4v) is 3.83. The van der Waals surface area contributed by atoms with Gasteiger partial charge in [0.15, 0.2) is 5.65 Å². The number of hydrogen-bond acceptors (Lipinski definition) is 4. The second kappa shape index (κ2) is 8.13. The molecule has 0 aliphatic rings. The molecule has 28 heavy (non-hydrogen) atoms. The third-order valence-electron chi connectivity index (χ3n) is 5.31. The number of imidazole rings is 1. The summed E-state index contributed by atoms with van der Waals surface area (Å²) in [5.41, 5.74) is 6.79. The number of aromatic nitrogens is 3. The fourth-order valence-electron chi connectivity index (χ4n) is 3.83. The van der Waals surface area contributed by atoms with E-state index in [2.05, 4.69) is 47.7 Å². The molecule has 0 bridgehead atoms. The summed E-state index contributed by atoms with van der Waals surface area (Å²) in [6.07, 6.45) is 1.61. The molecule has 0 saturated carbocycles. The highest BCUT2D eigenvalue weighted by atomic mass is 16.5. The molecule has 0 aliphatic heterocycles. The molecule has 1 aromatic carbocycles. The second-order valence-corrected chi connectivity index (χ2v) is 7.34. The van der Waals surface area contributed by atoms with Crippen molar-refractivity contribution in [2.75, 3.05) is 6.61 Å². The summed E-state index contributed by atoms with van der Waals surface area (Å²) in [6.45, 7) is 10.3. The lowest BCUT2D eigenvalue weighted by atomic mass is 9.86. The van der Waals surface area contributed by atoms with E-state index in [9.17, 15) is 4.79 Å². The largest absolute Gasteiger partial charge is 0.466 e. The van der Waals surface area contributed by atoms with Crippen molar-refractivity contribution in [1.29, 1.82) is 0 Å². The summed E-state index contributed by atoms with van der Waals surface area (Å²) >= 11 is 0. The number of carbonyl (C=O) groups excluding carboxylic acids is 1. The molecule has 0 N–H and O–H groups in total. The van der Waals surface area contributed by atoms with Crippen LogP contribution in [0.3, 0.4) is 0 Å². The Labute approximate surface area is 166 Å². The Morgan fingerprint density at radius 3 is 2.39 bits per heavy atom. The van der Waals surface area contributed by atoms with Crippen LogP contribution in [0, 0.1) is 20.8 Å². The van der Waals surface area contributed by atoms with Crippen molar-refractivity contribution in [2.24, 2.45) is 7.05 Å². The van der Waals surface area contributed by atoms with Crippen LogP contribution in [-0.2, 0) is 16.6 Å². The molecule has 5 nitrogen and oxygen atoms in total. The van der Waals surface area contributed by atoms with Crippen molar-refractivity contribution in [3.05, 3.63) is 46.9 Å². The zero-order valence-electron chi connectivity index (χ0n) is 17.7. The molecule has 2 aromatic heterocycles. The van der Waals surface area contributed by atoms with Gasteiger partial charge in [0, 0.05) is 18.3 Å². The van der Waals surface area contributed by atoms with Crippen molar-refractivity contribution in [1.82, 2.24) is 14.5 Å². The van der Waals surface area contributed by atoms with Gasteiger partial charge >= 0.3 is 5.97 Å². The minimum Gasteiger partial charge on any atom is -0.466 e. The maximum absolute atomic E-state index is 12.9. The minimum atomic E-state index is -0.339. The van der Waals surface area contributed by atoms with E-state index >= 15 is 0 Å². The molecule has 1 atom stereocenters. The molecule has 0 saturated heterocycles. The van der Waals surface area contributed by atoms with Crippen molar-refractivity contribution < 1.29 is 9.53 Å². The number of nitrogens with zero attached hydrogens (tertiary/aromatic N) is 3. The maximum atomic E-state index is 12.9. The van der Waals surface area contributed by atoms with Crippen LogP contribution in [-0.4, -0.2) is 27.1 Å². The predicted molar refractivity (Wildman–Crippen MR) is 112 cm³/mol. The summed E-state index contributed by atoms with van der Waals surface area (Å²) in [6, 6.07) is 8.43. The van der Waals surface area contributed by atoms with E-state index in [1.54, 1.807) is 0 Å². The van der Waals surface area contributed by atoms with Gasteiger partial charge in [-0.1, -0.05) is 43.2 Å². The molecule has 3 rings (SSSR count). The molecule has 5 heteroatoms. The number of hydrogen-bond donors (Lipinski definition) is 0. The molecular formula is C23H29N3O2. The highest BCUT2D eigenvalue weighted by Gasteiger charge is 2.29. The van der Waals surface area contributed by atoms with Gasteiger partial charge in [0.2, 0.25) is 0 Å². The van der Waals surface area contributed by atoms with Crippen molar-refractivity contribution in [3.8, 4) is 11.1 Å². The average molecular weight is 380 g/mol. The summed E-state index contributed by atoms with van der Waals surface area (Å²) in [7, 11) is 2.00. The smallest absolute Gasteiger partial charge is 0.313 e. The van der Waals surface area contributed by atoms with E-state index in [-0.39, 0.29) is 11.9 Å². The van der Waals surface area contributed by atoms with Gasteiger partial charge < -0.3 is 9.30 Å². The van der Waals surface area contributed by atoms with Crippen LogP contribution in [0.25, 0.3) is 22.3 Å². The topological polar surface area (TPSA) is 57.0 Å². The predicted octanol–water partition coefficient (Wildman–Crippen LogP) is 5.01. The van der Waals surface area contributed by atoms with E-state index in [0.29, 0.717) is 6.61 Å².